The summed E-state index contributed by atoms with van der Waals surface area (Å²) in [7, 11) is 0. The predicted molar refractivity (Wildman–Crippen MR) is 98.5 cm³/mol. The maximum Gasteiger partial charge on any atom is 0.127 e. The number of hydrogen-bond donors (Lipinski definition) is 0. The molecule has 0 aromatic heterocycles. The molecule has 0 atom stereocenters. The van der Waals surface area contributed by atoms with Gasteiger partial charge in [0.05, 0.1) is 0 Å². The summed E-state index contributed by atoms with van der Waals surface area (Å²) in [5.41, 5.74) is 1.53. The number of benzene rings is 2. The highest BCUT2D eigenvalue weighted by molar-refractivity contribution is 9.10. The van der Waals surface area contributed by atoms with Gasteiger partial charge in [-0.25, -0.2) is 4.39 Å². The van der Waals surface area contributed by atoms with Crippen molar-refractivity contribution in [2.24, 2.45) is 0 Å². The molecular formula is C16H13Br3ClF. The summed E-state index contributed by atoms with van der Waals surface area (Å²) in [6.07, 6.45) is 0.586. The van der Waals surface area contributed by atoms with Gasteiger partial charge in [0.2, 0.25) is 0 Å². The van der Waals surface area contributed by atoms with Crippen LogP contribution in [-0.2, 0) is 11.8 Å². The highest BCUT2D eigenvalue weighted by Gasteiger charge is 2.31. The second-order valence-electron chi connectivity index (χ2n) is 4.97. The topological polar surface area (TPSA) is 0 Å². The summed E-state index contributed by atoms with van der Waals surface area (Å²) in [5.74, 6) is -0.197. The van der Waals surface area contributed by atoms with E-state index in [1.165, 1.54) is 6.07 Å². The zero-order valence-corrected chi connectivity index (χ0v) is 16.6. The van der Waals surface area contributed by atoms with Gasteiger partial charge < -0.3 is 0 Å². The van der Waals surface area contributed by atoms with Crippen LogP contribution in [0.5, 0.6) is 0 Å². The lowest BCUT2D eigenvalue weighted by molar-refractivity contribution is 0.522. The molecule has 5 heteroatoms. The molecule has 0 unspecified atom stereocenters. The van der Waals surface area contributed by atoms with Crippen molar-refractivity contribution >= 4 is 59.4 Å². The first-order chi connectivity index (χ1) is 10.0. The van der Waals surface area contributed by atoms with Crippen LogP contribution in [0.3, 0.4) is 0 Å². The average Bonchev–Trinajstić information content (AvgIpc) is 2.47. The van der Waals surface area contributed by atoms with Gasteiger partial charge >= 0.3 is 0 Å². The van der Waals surface area contributed by atoms with Crippen molar-refractivity contribution in [1.82, 2.24) is 0 Å². The van der Waals surface area contributed by atoms with Gasteiger partial charge in [0.15, 0.2) is 0 Å². The number of alkyl halides is 2. The zero-order valence-electron chi connectivity index (χ0n) is 11.1. The molecule has 0 radical (unpaired) electrons. The third-order valence-electron chi connectivity index (χ3n) is 3.49. The summed E-state index contributed by atoms with van der Waals surface area (Å²) in [5, 5.41) is 2.11. The Morgan fingerprint density at radius 2 is 1.76 bits per heavy atom. The van der Waals surface area contributed by atoms with Crippen molar-refractivity contribution in [1.29, 1.82) is 0 Å². The molecule has 0 amide bonds. The first kappa shape index (κ1) is 17.5. The van der Waals surface area contributed by atoms with Crippen LogP contribution in [0, 0.1) is 5.82 Å². The Balaban J connectivity index is 2.43. The largest absolute Gasteiger partial charge is 0.207 e. The van der Waals surface area contributed by atoms with E-state index >= 15 is 0 Å². The normalized spacial score (nSPS) is 11.7. The van der Waals surface area contributed by atoms with Crippen LogP contribution >= 0.6 is 59.4 Å². The Labute approximate surface area is 154 Å². The van der Waals surface area contributed by atoms with Gasteiger partial charge in [0, 0.05) is 25.6 Å². The maximum atomic E-state index is 14.2. The summed E-state index contributed by atoms with van der Waals surface area (Å²) in [6.45, 7) is 0. The number of hydrogen-bond acceptors (Lipinski definition) is 0. The highest BCUT2D eigenvalue weighted by Crippen LogP contribution is 2.35. The van der Waals surface area contributed by atoms with E-state index in [0.717, 1.165) is 10.0 Å². The van der Waals surface area contributed by atoms with Crippen LogP contribution in [0.4, 0.5) is 4.39 Å². The van der Waals surface area contributed by atoms with Crippen LogP contribution in [0.2, 0.25) is 5.02 Å². The third-order valence-corrected chi connectivity index (χ3v) is 6.37. The summed E-state index contributed by atoms with van der Waals surface area (Å²) in [4.78, 5) is 0. The highest BCUT2D eigenvalue weighted by atomic mass is 79.9. The quantitative estimate of drug-likeness (QED) is 0.412. The molecule has 0 saturated heterocycles. The molecule has 0 saturated carbocycles. The molecule has 2 aromatic carbocycles. The third kappa shape index (κ3) is 4.10. The smallest absolute Gasteiger partial charge is 0.127 e. The lowest BCUT2D eigenvalue weighted by Gasteiger charge is -2.31. The molecule has 112 valence electrons. The van der Waals surface area contributed by atoms with Crippen molar-refractivity contribution < 1.29 is 4.39 Å². The van der Waals surface area contributed by atoms with E-state index in [0.29, 0.717) is 27.7 Å². The van der Waals surface area contributed by atoms with Gasteiger partial charge in [0.1, 0.15) is 5.82 Å². The molecule has 0 N–H and O–H groups in total. The van der Waals surface area contributed by atoms with Gasteiger partial charge in [-0.2, -0.15) is 0 Å². The standard InChI is InChI=1S/C16H13Br3ClF/c17-9-16(10-18,12-2-1-3-14(20)6-12)8-11-4-5-13(19)7-15(11)21/h1-7H,8-10H2. The summed E-state index contributed by atoms with van der Waals surface area (Å²) < 4.78 is 14.9. The summed E-state index contributed by atoms with van der Waals surface area (Å²) >= 11 is 16.6. The minimum atomic E-state index is -0.250. The fourth-order valence-electron chi connectivity index (χ4n) is 2.23. The van der Waals surface area contributed by atoms with Crippen molar-refractivity contribution in [3.8, 4) is 0 Å². The SMILES string of the molecule is Fc1cc(Br)ccc1CC(CBr)(CBr)c1cccc(Cl)c1. The predicted octanol–water partition coefficient (Wildman–Crippen LogP) is 6.51. The molecule has 21 heavy (non-hydrogen) atoms. The van der Waals surface area contributed by atoms with Gasteiger partial charge in [-0.3, -0.25) is 0 Å². The van der Waals surface area contributed by atoms with Crippen molar-refractivity contribution in [3.63, 3.8) is 0 Å². The molecule has 0 aliphatic heterocycles. The Kier molecular flexibility index (Phi) is 6.30. The molecule has 0 aliphatic rings. The molecule has 2 rings (SSSR count). The second kappa shape index (κ2) is 7.58. The number of rotatable bonds is 5. The second-order valence-corrected chi connectivity index (χ2v) is 7.44. The first-order valence-corrected chi connectivity index (χ1v) is 9.74. The van der Waals surface area contributed by atoms with E-state index in [4.69, 9.17) is 11.6 Å². The molecule has 0 fully saturated rings. The van der Waals surface area contributed by atoms with E-state index in [-0.39, 0.29) is 11.2 Å². The summed E-state index contributed by atoms with van der Waals surface area (Å²) in [6, 6.07) is 12.9. The Morgan fingerprint density at radius 3 is 2.33 bits per heavy atom. The monoisotopic (exact) mass is 496 g/mol. The zero-order chi connectivity index (χ0) is 15.5. The van der Waals surface area contributed by atoms with E-state index in [1.54, 1.807) is 0 Å². The fourth-order valence-corrected chi connectivity index (χ4v) is 4.73. The van der Waals surface area contributed by atoms with E-state index in [1.807, 2.05) is 36.4 Å². The average molecular weight is 499 g/mol. The minimum Gasteiger partial charge on any atom is -0.207 e. The van der Waals surface area contributed by atoms with Gasteiger partial charge in [-0.15, -0.1) is 0 Å². The molecule has 0 nitrogen and oxygen atoms in total. The van der Waals surface area contributed by atoms with Gasteiger partial charge in [-0.1, -0.05) is 77.6 Å². The molecule has 0 bridgehead atoms. The number of halogens is 5. The van der Waals surface area contributed by atoms with Crippen LogP contribution in [0.1, 0.15) is 11.1 Å². The fraction of sp³-hybridized carbons (Fsp3) is 0.250. The van der Waals surface area contributed by atoms with Crippen LogP contribution < -0.4 is 0 Å². The van der Waals surface area contributed by atoms with E-state index < -0.39 is 0 Å². The molecule has 0 heterocycles. The molecule has 0 aliphatic carbocycles. The molecule has 0 spiro atoms. The lowest BCUT2D eigenvalue weighted by atomic mass is 9.79. The Morgan fingerprint density at radius 1 is 1.05 bits per heavy atom. The van der Waals surface area contributed by atoms with Crippen LogP contribution in [-0.4, -0.2) is 10.7 Å². The Hall–Kier alpha value is 0.1000. The Bertz CT molecular complexity index is 627. The van der Waals surface area contributed by atoms with E-state index in [9.17, 15) is 4.39 Å². The van der Waals surface area contributed by atoms with Crippen molar-refractivity contribution in [2.75, 3.05) is 10.7 Å². The molecule has 2 aromatic rings. The van der Waals surface area contributed by atoms with Gasteiger partial charge in [-0.05, 0) is 41.8 Å². The van der Waals surface area contributed by atoms with Crippen LogP contribution in [0.15, 0.2) is 46.9 Å². The van der Waals surface area contributed by atoms with Crippen molar-refractivity contribution in [3.05, 3.63) is 68.9 Å². The lowest BCUT2D eigenvalue weighted by Crippen LogP contribution is -2.33. The van der Waals surface area contributed by atoms with Crippen molar-refractivity contribution in [2.45, 2.75) is 11.8 Å². The maximum absolute atomic E-state index is 14.2. The van der Waals surface area contributed by atoms with Gasteiger partial charge in [0.25, 0.3) is 0 Å². The first-order valence-electron chi connectivity index (χ1n) is 6.33. The molecular weight excluding hydrogens is 486 g/mol. The van der Waals surface area contributed by atoms with Crippen LogP contribution in [0.25, 0.3) is 0 Å². The minimum absolute atomic E-state index is 0.197. The van der Waals surface area contributed by atoms with E-state index in [2.05, 4.69) is 47.8 Å².